The van der Waals surface area contributed by atoms with Gasteiger partial charge in [-0.3, -0.25) is 9.89 Å². The predicted molar refractivity (Wildman–Crippen MR) is 97.6 cm³/mol. The highest BCUT2D eigenvalue weighted by Crippen LogP contribution is 2.35. The lowest BCUT2D eigenvalue weighted by atomic mass is 10.2. The molecule has 0 saturated heterocycles. The summed E-state index contributed by atoms with van der Waals surface area (Å²) < 4.78 is 5.63. The molecule has 0 aliphatic heterocycles. The van der Waals surface area contributed by atoms with Crippen molar-refractivity contribution in [2.75, 3.05) is 0 Å². The van der Waals surface area contributed by atoms with Crippen LogP contribution in [0.3, 0.4) is 0 Å². The summed E-state index contributed by atoms with van der Waals surface area (Å²) in [5.74, 6) is 0.495. The number of hydrogen-bond acceptors (Lipinski definition) is 4. The number of aromatic nitrogens is 2. The molecule has 2 aromatic heterocycles. The highest BCUT2D eigenvalue weighted by Gasteiger charge is 2.12. The van der Waals surface area contributed by atoms with Crippen molar-refractivity contribution >= 4 is 46.9 Å². The Labute approximate surface area is 157 Å². The van der Waals surface area contributed by atoms with Gasteiger partial charge in [0.15, 0.2) is 5.69 Å². The van der Waals surface area contributed by atoms with E-state index in [9.17, 15) is 4.79 Å². The van der Waals surface area contributed by atoms with Gasteiger partial charge in [-0.25, -0.2) is 5.43 Å². The first-order chi connectivity index (χ1) is 11.9. The van der Waals surface area contributed by atoms with E-state index >= 15 is 0 Å². The van der Waals surface area contributed by atoms with Gasteiger partial charge in [0.1, 0.15) is 11.5 Å². The molecule has 1 amide bonds. The standard InChI is InChI=1S/C16H11Cl3N4O2/c1-8-4-14(22-21-8)16(24)23-20-7-9-2-3-15(25-9)10-5-12(18)13(19)6-11(10)17/h2-7H,1H3,(H,21,22)(H,23,24)/b20-7+. The van der Waals surface area contributed by atoms with E-state index in [1.807, 2.05) is 0 Å². The summed E-state index contributed by atoms with van der Waals surface area (Å²) in [6.07, 6.45) is 1.37. The summed E-state index contributed by atoms with van der Waals surface area (Å²) in [6.45, 7) is 1.80. The molecule has 0 atom stereocenters. The Morgan fingerprint density at radius 3 is 2.68 bits per heavy atom. The molecule has 3 rings (SSSR count). The van der Waals surface area contributed by atoms with Gasteiger partial charge in [0, 0.05) is 11.3 Å². The van der Waals surface area contributed by atoms with Crippen molar-refractivity contribution in [1.29, 1.82) is 0 Å². The number of aromatic amines is 1. The van der Waals surface area contributed by atoms with Crippen molar-refractivity contribution in [3.63, 3.8) is 0 Å². The fourth-order valence-corrected chi connectivity index (χ4v) is 2.66. The molecule has 6 nitrogen and oxygen atoms in total. The van der Waals surface area contributed by atoms with E-state index in [0.29, 0.717) is 32.2 Å². The van der Waals surface area contributed by atoms with Crippen LogP contribution in [-0.2, 0) is 0 Å². The van der Waals surface area contributed by atoms with Gasteiger partial charge in [-0.15, -0.1) is 0 Å². The number of hydrogen-bond donors (Lipinski definition) is 2. The van der Waals surface area contributed by atoms with Crippen LogP contribution in [0.1, 0.15) is 21.9 Å². The number of halogens is 3. The van der Waals surface area contributed by atoms with E-state index in [1.165, 1.54) is 6.21 Å². The summed E-state index contributed by atoms with van der Waals surface area (Å²) in [5.41, 5.74) is 3.99. The molecule has 0 spiro atoms. The van der Waals surface area contributed by atoms with E-state index in [4.69, 9.17) is 39.2 Å². The first-order valence-electron chi connectivity index (χ1n) is 7.04. The number of amides is 1. The molecule has 0 aliphatic carbocycles. The van der Waals surface area contributed by atoms with E-state index in [-0.39, 0.29) is 5.69 Å². The van der Waals surface area contributed by atoms with E-state index in [2.05, 4.69) is 20.7 Å². The monoisotopic (exact) mass is 396 g/mol. The van der Waals surface area contributed by atoms with Gasteiger partial charge in [-0.1, -0.05) is 34.8 Å². The van der Waals surface area contributed by atoms with E-state index in [0.717, 1.165) is 5.69 Å². The van der Waals surface area contributed by atoms with Crippen molar-refractivity contribution in [1.82, 2.24) is 15.6 Å². The molecule has 0 radical (unpaired) electrons. The summed E-state index contributed by atoms with van der Waals surface area (Å²) in [5, 5.41) is 11.5. The molecular formula is C16H11Cl3N4O2. The summed E-state index contributed by atoms with van der Waals surface area (Å²) >= 11 is 18.1. The Bertz CT molecular complexity index is 962. The molecule has 1 aromatic carbocycles. The minimum absolute atomic E-state index is 0.248. The maximum atomic E-state index is 11.8. The van der Waals surface area contributed by atoms with Gasteiger partial charge in [0.25, 0.3) is 5.91 Å². The first kappa shape index (κ1) is 17.5. The lowest BCUT2D eigenvalue weighted by Gasteiger charge is -2.03. The van der Waals surface area contributed by atoms with Gasteiger partial charge >= 0.3 is 0 Å². The van der Waals surface area contributed by atoms with Crippen molar-refractivity contribution in [2.45, 2.75) is 6.92 Å². The molecule has 0 saturated carbocycles. The minimum atomic E-state index is -0.431. The molecule has 128 valence electrons. The number of hydrazone groups is 1. The third kappa shape index (κ3) is 4.04. The Morgan fingerprint density at radius 1 is 1.20 bits per heavy atom. The number of carbonyl (C=O) groups is 1. The molecule has 3 aromatic rings. The lowest BCUT2D eigenvalue weighted by Crippen LogP contribution is -2.17. The molecular weight excluding hydrogens is 387 g/mol. The number of benzene rings is 1. The molecule has 0 unspecified atom stereocenters. The molecule has 0 fully saturated rings. The number of carbonyl (C=O) groups excluding carboxylic acids is 1. The molecule has 2 heterocycles. The van der Waals surface area contributed by atoms with Gasteiger partial charge in [-0.2, -0.15) is 10.2 Å². The molecule has 9 heteroatoms. The third-order valence-electron chi connectivity index (χ3n) is 3.20. The quantitative estimate of drug-likeness (QED) is 0.380. The lowest BCUT2D eigenvalue weighted by molar-refractivity contribution is 0.0950. The van der Waals surface area contributed by atoms with Crippen LogP contribution in [0.4, 0.5) is 0 Å². The topological polar surface area (TPSA) is 83.3 Å². The van der Waals surface area contributed by atoms with Crippen LogP contribution in [0, 0.1) is 6.92 Å². The maximum absolute atomic E-state index is 11.8. The second-order valence-corrected chi connectivity index (χ2v) is 6.31. The zero-order chi connectivity index (χ0) is 18.0. The fraction of sp³-hybridized carbons (Fsp3) is 0.0625. The maximum Gasteiger partial charge on any atom is 0.291 e. The van der Waals surface area contributed by atoms with Crippen LogP contribution in [-0.4, -0.2) is 22.3 Å². The normalized spacial score (nSPS) is 11.2. The Kier molecular flexibility index (Phi) is 5.13. The van der Waals surface area contributed by atoms with Gasteiger partial charge in [-0.05, 0) is 37.3 Å². The molecule has 25 heavy (non-hydrogen) atoms. The first-order valence-corrected chi connectivity index (χ1v) is 8.17. The second-order valence-electron chi connectivity index (χ2n) is 5.08. The van der Waals surface area contributed by atoms with Crippen molar-refractivity contribution in [3.8, 4) is 11.3 Å². The third-order valence-corrected chi connectivity index (χ3v) is 4.23. The van der Waals surface area contributed by atoms with E-state index in [1.54, 1.807) is 37.3 Å². The highest BCUT2D eigenvalue weighted by molar-refractivity contribution is 6.44. The number of rotatable bonds is 4. The van der Waals surface area contributed by atoms with Gasteiger partial charge in [0.2, 0.25) is 0 Å². The van der Waals surface area contributed by atoms with Crippen LogP contribution in [0.2, 0.25) is 15.1 Å². The number of nitrogens with one attached hydrogen (secondary N) is 2. The number of aryl methyl sites for hydroxylation is 1. The average molecular weight is 398 g/mol. The zero-order valence-electron chi connectivity index (χ0n) is 12.8. The van der Waals surface area contributed by atoms with Crippen LogP contribution >= 0.6 is 34.8 Å². The Balaban J connectivity index is 1.71. The fourth-order valence-electron chi connectivity index (χ4n) is 2.02. The SMILES string of the molecule is Cc1cc(C(=O)N/N=C/c2ccc(-c3cc(Cl)c(Cl)cc3Cl)o2)n[nH]1. The Hall–Kier alpha value is -2.28. The van der Waals surface area contributed by atoms with Crippen LogP contribution in [0.15, 0.2) is 39.9 Å². The highest BCUT2D eigenvalue weighted by atomic mass is 35.5. The van der Waals surface area contributed by atoms with Crippen LogP contribution < -0.4 is 5.43 Å². The largest absolute Gasteiger partial charge is 0.455 e. The van der Waals surface area contributed by atoms with Gasteiger partial charge < -0.3 is 4.42 Å². The van der Waals surface area contributed by atoms with E-state index < -0.39 is 5.91 Å². The minimum Gasteiger partial charge on any atom is -0.455 e. The summed E-state index contributed by atoms with van der Waals surface area (Å²) in [4.78, 5) is 11.8. The van der Waals surface area contributed by atoms with Crippen molar-refractivity contribution in [3.05, 3.63) is 62.5 Å². The molecule has 0 bridgehead atoms. The van der Waals surface area contributed by atoms with Crippen molar-refractivity contribution in [2.24, 2.45) is 5.10 Å². The zero-order valence-corrected chi connectivity index (χ0v) is 15.1. The van der Waals surface area contributed by atoms with Crippen LogP contribution in [0.5, 0.6) is 0 Å². The van der Waals surface area contributed by atoms with Crippen molar-refractivity contribution < 1.29 is 9.21 Å². The van der Waals surface area contributed by atoms with Crippen LogP contribution in [0.25, 0.3) is 11.3 Å². The average Bonchev–Trinajstić information content (AvgIpc) is 3.20. The number of furan rings is 1. The Morgan fingerprint density at radius 2 is 1.96 bits per heavy atom. The molecule has 0 aliphatic rings. The second kappa shape index (κ2) is 7.31. The summed E-state index contributed by atoms with van der Waals surface area (Å²) in [7, 11) is 0. The smallest absolute Gasteiger partial charge is 0.291 e. The molecule has 2 N–H and O–H groups in total. The summed E-state index contributed by atoms with van der Waals surface area (Å²) in [6, 6.07) is 8.17. The number of H-pyrrole nitrogens is 1. The number of nitrogens with zero attached hydrogens (tertiary/aromatic N) is 2. The van der Waals surface area contributed by atoms with Gasteiger partial charge in [0.05, 0.1) is 21.3 Å². The predicted octanol–water partition coefficient (Wildman–Crippen LogP) is 4.70.